The smallest absolute Gasteiger partial charge is 0.352 e. The number of hydrogen-bond acceptors (Lipinski definition) is 3. The van der Waals surface area contributed by atoms with Crippen LogP contribution in [0.5, 0.6) is 5.75 Å². The molecule has 0 spiro atoms. The maximum Gasteiger partial charge on any atom is 0.352 e. The molecule has 17 heavy (non-hydrogen) atoms. The van der Waals surface area contributed by atoms with Gasteiger partial charge in [-0.25, -0.2) is 4.79 Å². The van der Waals surface area contributed by atoms with Gasteiger partial charge in [0, 0.05) is 10.9 Å². The number of carboxylic acid groups (broad SMARTS) is 1. The highest BCUT2D eigenvalue weighted by Gasteiger charge is 2.16. The number of aromatic nitrogens is 1. The summed E-state index contributed by atoms with van der Waals surface area (Å²) in [6.07, 6.45) is 0. The maximum absolute atomic E-state index is 11.5. The number of benzene rings is 1. The third-order valence-electron chi connectivity index (χ3n) is 2.42. The highest BCUT2D eigenvalue weighted by Crippen LogP contribution is 2.28. The number of phenols is 1. The van der Waals surface area contributed by atoms with E-state index in [1.54, 1.807) is 0 Å². The van der Waals surface area contributed by atoms with Crippen molar-refractivity contribution in [1.29, 1.82) is 0 Å². The summed E-state index contributed by atoms with van der Waals surface area (Å²) in [5.41, 5.74) is 0.417. The molecule has 88 valence electrons. The molecule has 1 aromatic carbocycles. The van der Waals surface area contributed by atoms with Gasteiger partial charge >= 0.3 is 5.97 Å². The molecule has 0 radical (unpaired) electrons. The quantitative estimate of drug-likeness (QED) is 0.576. The number of ketones is 1. The Bertz CT molecular complexity index is 617. The second kappa shape index (κ2) is 4.10. The van der Waals surface area contributed by atoms with Gasteiger partial charge in [0.2, 0.25) is 0 Å². The van der Waals surface area contributed by atoms with Gasteiger partial charge in [0.1, 0.15) is 11.4 Å². The van der Waals surface area contributed by atoms with Crippen LogP contribution in [0.2, 0.25) is 0 Å². The molecule has 0 fully saturated rings. The predicted molar refractivity (Wildman–Crippen MR) is 62.0 cm³/mol. The molecule has 0 aliphatic carbocycles. The van der Waals surface area contributed by atoms with Crippen LogP contribution in [-0.4, -0.2) is 32.8 Å². The van der Waals surface area contributed by atoms with Crippen LogP contribution >= 0.6 is 11.6 Å². The van der Waals surface area contributed by atoms with E-state index >= 15 is 0 Å². The average Bonchev–Trinajstić information content (AvgIpc) is 2.74. The molecule has 6 heteroatoms. The van der Waals surface area contributed by atoms with Gasteiger partial charge in [-0.2, -0.15) is 0 Å². The molecule has 0 saturated carbocycles. The third-order valence-corrected chi connectivity index (χ3v) is 2.67. The second-order valence-corrected chi connectivity index (χ2v) is 3.73. The molecule has 0 bridgehead atoms. The van der Waals surface area contributed by atoms with E-state index in [1.807, 2.05) is 0 Å². The van der Waals surface area contributed by atoms with E-state index in [0.29, 0.717) is 5.39 Å². The number of H-pyrrole nitrogens is 1. The first-order valence-corrected chi connectivity index (χ1v) is 5.25. The largest absolute Gasteiger partial charge is 0.506 e. The predicted octanol–water partition coefficient (Wildman–Crippen LogP) is 1.99. The number of aromatic amines is 1. The molecule has 0 unspecified atom stereocenters. The van der Waals surface area contributed by atoms with E-state index in [1.165, 1.54) is 18.2 Å². The number of carbonyl (C=O) groups excluding carboxylic acids is 1. The average molecular weight is 254 g/mol. The first-order chi connectivity index (χ1) is 8.04. The summed E-state index contributed by atoms with van der Waals surface area (Å²) in [7, 11) is 0. The summed E-state index contributed by atoms with van der Waals surface area (Å²) in [6, 6.07) is 4.04. The molecule has 0 saturated heterocycles. The van der Waals surface area contributed by atoms with Crippen LogP contribution in [0.3, 0.4) is 0 Å². The van der Waals surface area contributed by atoms with E-state index in [2.05, 4.69) is 4.98 Å². The van der Waals surface area contributed by atoms with Crippen molar-refractivity contribution in [3.63, 3.8) is 0 Å². The van der Waals surface area contributed by atoms with Gasteiger partial charge in [-0.3, -0.25) is 4.79 Å². The number of aromatic hydroxyl groups is 1. The van der Waals surface area contributed by atoms with E-state index < -0.39 is 5.97 Å². The van der Waals surface area contributed by atoms with Crippen LogP contribution in [-0.2, 0) is 0 Å². The Hall–Kier alpha value is -2.01. The first kappa shape index (κ1) is 11.5. The van der Waals surface area contributed by atoms with E-state index in [0.717, 1.165) is 0 Å². The summed E-state index contributed by atoms with van der Waals surface area (Å²) in [5.74, 6) is -1.80. The van der Waals surface area contributed by atoms with Crippen LogP contribution in [0.15, 0.2) is 18.2 Å². The number of nitrogens with one attached hydrogen (secondary N) is 1. The van der Waals surface area contributed by atoms with Crippen molar-refractivity contribution in [3.8, 4) is 5.75 Å². The molecular formula is C11H8ClNO4. The number of hydrogen-bond donors (Lipinski definition) is 3. The normalized spacial score (nSPS) is 10.6. The lowest BCUT2D eigenvalue weighted by Gasteiger charge is -2.01. The molecule has 1 aromatic heterocycles. The number of halogens is 1. The zero-order valence-electron chi connectivity index (χ0n) is 8.53. The summed E-state index contributed by atoms with van der Waals surface area (Å²) >= 11 is 5.46. The summed E-state index contributed by atoms with van der Waals surface area (Å²) in [5, 5.41) is 18.8. The van der Waals surface area contributed by atoms with Crippen molar-refractivity contribution >= 4 is 34.3 Å². The highest BCUT2D eigenvalue weighted by atomic mass is 35.5. The van der Waals surface area contributed by atoms with Crippen molar-refractivity contribution < 1.29 is 19.8 Å². The van der Waals surface area contributed by atoms with Crippen molar-refractivity contribution in [1.82, 2.24) is 4.98 Å². The Morgan fingerprint density at radius 1 is 1.35 bits per heavy atom. The molecule has 0 amide bonds. The highest BCUT2D eigenvalue weighted by molar-refractivity contribution is 6.32. The zero-order valence-corrected chi connectivity index (χ0v) is 9.28. The Balaban J connectivity index is 2.75. The van der Waals surface area contributed by atoms with Crippen molar-refractivity contribution in [2.45, 2.75) is 0 Å². The molecule has 0 atom stereocenters. The summed E-state index contributed by atoms with van der Waals surface area (Å²) in [4.78, 5) is 24.9. The second-order valence-electron chi connectivity index (χ2n) is 3.47. The maximum atomic E-state index is 11.5. The fourth-order valence-corrected chi connectivity index (χ4v) is 1.78. The number of aromatic carboxylic acids is 1. The van der Waals surface area contributed by atoms with E-state index in [9.17, 15) is 14.7 Å². The Morgan fingerprint density at radius 2 is 2.06 bits per heavy atom. The molecule has 0 aliphatic rings. The van der Waals surface area contributed by atoms with Crippen LogP contribution in [0.4, 0.5) is 0 Å². The van der Waals surface area contributed by atoms with Crippen LogP contribution in [0, 0.1) is 0 Å². The first-order valence-electron chi connectivity index (χ1n) is 4.71. The van der Waals surface area contributed by atoms with E-state index in [4.69, 9.17) is 16.7 Å². The van der Waals surface area contributed by atoms with Gasteiger partial charge in [-0.15, -0.1) is 11.6 Å². The van der Waals surface area contributed by atoms with Gasteiger partial charge in [0.25, 0.3) is 0 Å². The molecule has 1 heterocycles. The standard InChI is InChI=1S/C11H8ClNO4/c12-4-9(15)5-1-2-8(14)10-6(5)3-7(13-10)11(16)17/h1-3,13-14H,4H2,(H,16,17). The molecule has 5 nitrogen and oxygen atoms in total. The van der Waals surface area contributed by atoms with Gasteiger partial charge in [0.05, 0.1) is 11.4 Å². The van der Waals surface area contributed by atoms with Gasteiger partial charge in [-0.1, -0.05) is 0 Å². The number of alkyl halides is 1. The molecule has 3 N–H and O–H groups in total. The zero-order chi connectivity index (χ0) is 12.6. The third kappa shape index (κ3) is 1.85. The fraction of sp³-hybridized carbons (Fsp3) is 0.0909. The fourth-order valence-electron chi connectivity index (χ4n) is 1.63. The van der Waals surface area contributed by atoms with Gasteiger partial charge in [0.15, 0.2) is 5.78 Å². The van der Waals surface area contributed by atoms with E-state index in [-0.39, 0.29) is 34.2 Å². The molecule has 0 aliphatic heterocycles. The van der Waals surface area contributed by atoms with Crippen LogP contribution in [0.25, 0.3) is 10.9 Å². The van der Waals surface area contributed by atoms with Crippen molar-refractivity contribution in [2.75, 3.05) is 5.88 Å². The monoisotopic (exact) mass is 253 g/mol. The summed E-state index contributed by atoms with van der Waals surface area (Å²) in [6.45, 7) is 0. The minimum absolute atomic E-state index is 0.0925. The number of Topliss-reactive ketones (excluding diaryl/α,β-unsaturated/α-hetero) is 1. The van der Waals surface area contributed by atoms with Crippen molar-refractivity contribution in [3.05, 3.63) is 29.5 Å². The number of rotatable bonds is 3. The number of carboxylic acids is 1. The lowest BCUT2D eigenvalue weighted by molar-refractivity contribution is 0.0691. The van der Waals surface area contributed by atoms with Gasteiger partial charge < -0.3 is 15.2 Å². The topological polar surface area (TPSA) is 90.4 Å². The minimum atomic E-state index is -1.16. The minimum Gasteiger partial charge on any atom is -0.506 e. The van der Waals surface area contributed by atoms with Crippen molar-refractivity contribution in [2.24, 2.45) is 0 Å². The van der Waals surface area contributed by atoms with Crippen LogP contribution < -0.4 is 0 Å². The Morgan fingerprint density at radius 3 is 2.65 bits per heavy atom. The number of fused-ring (bicyclic) bond motifs is 1. The molecule has 2 rings (SSSR count). The molecule has 2 aromatic rings. The SMILES string of the molecule is O=C(O)c1cc2c(C(=O)CCl)ccc(O)c2[nH]1. The molecular weight excluding hydrogens is 246 g/mol. The lowest BCUT2D eigenvalue weighted by atomic mass is 10.1. The Labute approximate surface area is 101 Å². The number of phenolic OH excluding ortho intramolecular Hbond substituents is 1. The lowest BCUT2D eigenvalue weighted by Crippen LogP contribution is -2.00. The Kier molecular flexibility index (Phi) is 2.77. The van der Waals surface area contributed by atoms with Crippen LogP contribution in [0.1, 0.15) is 20.8 Å². The summed E-state index contributed by atoms with van der Waals surface area (Å²) < 4.78 is 0. The van der Waals surface area contributed by atoms with Gasteiger partial charge in [-0.05, 0) is 18.2 Å². The number of carbonyl (C=O) groups is 2.